The zero-order valence-corrected chi connectivity index (χ0v) is 11.7. The van der Waals surface area contributed by atoms with Gasteiger partial charge in [0.15, 0.2) is 0 Å². The number of ketones is 1. The van der Waals surface area contributed by atoms with E-state index >= 15 is 0 Å². The molecule has 98 valence electrons. The van der Waals surface area contributed by atoms with Crippen molar-refractivity contribution in [2.45, 2.75) is 72.0 Å². The summed E-state index contributed by atoms with van der Waals surface area (Å²) in [7, 11) is 0. The van der Waals surface area contributed by atoms with E-state index < -0.39 is 0 Å². The van der Waals surface area contributed by atoms with Crippen LogP contribution in [0.15, 0.2) is 12.2 Å². The molecule has 1 unspecified atom stereocenters. The first kappa shape index (κ1) is 14.4. The Hall–Kier alpha value is -0.630. The molecule has 0 aliphatic carbocycles. The van der Waals surface area contributed by atoms with Crippen LogP contribution in [0.3, 0.4) is 0 Å². The van der Waals surface area contributed by atoms with Crippen molar-refractivity contribution in [2.24, 2.45) is 5.41 Å². The molecule has 0 bridgehead atoms. The zero-order valence-electron chi connectivity index (χ0n) is 11.7. The summed E-state index contributed by atoms with van der Waals surface area (Å²) in [6.07, 6.45) is 5.05. The minimum atomic E-state index is 0.214. The summed E-state index contributed by atoms with van der Waals surface area (Å²) in [6, 6.07) is 0. The predicted molar refractivity (Wildman–Crippen MR) is 71.0 cm³/mol. The van der Waals surface area contributed by atoms with E-state index in [2.05, 4.69) is 27.4 Å². The normalized spacial score (nSPS) is 25.3. The van der Waals surface area contributed by atoms with Crippen molar-refractivity contribution in [3.05, 3.63) is 12.2 Å². The molecule has 1 rings (SSSR count). The summed E-state index contributed by atoms with van der Waals surface area (Å²) in [6.45, 7) is 12.5. The smallest absolute Gasteiger partial charge is 0.129 e. The van der Waals surface area contributed by atoms with Gasteiger partial charge in [0.1, 0.15) is 5.78 Å². The van der Waals surface area contributed by atoms with Crippen LogP contribution in [0.4, 0.5) is 0 Å². The molecule has 1 aliphatic heterocycles. The maximum Gasteiger partial charge on any atom is 0.129 e. The van der Waals surface area contributed by atoms with E-state index in [1.54, 1.807) is 6.92 Å². The second-order valence-corrected chi connectivity index (χ2v) is 6.45. The first-order valence-corrected chi connectivity index (χ1v) is 6.60. The van der Waals surface area contributed by atoms with Crippen molar-refractivity contribution < 1.29 is 9.53 Å². The molecule has 2 atom stereocenters. The lowest BCUT2D eigenvalue weighted by molar-refractivity contribution is -0.117. The molecule has 0 spiro atoms. The first-order valence-electron chi connectivity index (χ1n) is 6.60. The molecular formula is C15H26O2. The molecule has 0 radical (unpaired) electrons. The zero-order chi connectivity index (χ0) is 13.1. The van der Waals surface area contributed by atoms with E-state index in [0.29, 0.717) is 11.8 Å². The lowest BCUT2D eigenvalue weighted by atomic mass is 9.88. The molecule has 17 heavy (non-hydrogen) atoms. The molecule has 0 saturated carbocycles. The minimum Gasteiger partial charge on any atom is -0.370 e. The van der Waals surface area contributed by atoms with Crippen LogP contribution in [0, 0.1) is 5.41 Å². The molecule has 1 saturated heterocycles. The highest BCUT2D eigenvalue weighted by molar-refractivity contribution is 5.75. The Bertz CT molecular complexity index is 286. The molecule has 1 fully saturated rings. The Balaban J connectivity index is 2.34. The van der Waals surface area contributed by atoms with Gasteiger partial charge in [0.05, 0.1) is 12.2 Å². The number of rotatable bonds is 5. The quantitative estimate of drug-likeness (QED) is 0.679. The molecule has 0 aromatic rings. The van der Waals surface area contributed by atoms with Crippen molar-refractivity contribution in [2.75, 3.05) is 0 Å². The summed E-state index contributed by atoms with van der Waals surface area (Å²) < 4.78 is 5.97. The maximum absolute atomic E-state index is 10.9. The topological polar surface area (TPSA) is 26.3 Å². The van der Waals surface area contributed by atoms with Gasteiger partial charge in [0.2, 0.25) is 0 Å². The molecule has 0 aromatic heterocycles. The van der Waals surface area contributed by atoms with Gasteiger partial charge in [-0.1, -0.05) is 27.4 Å². The first-order chi connectivity index (χ1) is 7.78. The van der Waals surface area contributed by atoms with Gasteiger partial charge in [-0.2, -0.15) is 0 Å². The average Bonchev–Trinajstić information content (AvgIpc) is 2.52. The summed E-state index contributed by atoms with van der Waals surface area (Å²) in [5, 5.41) is 0. The summed E-state index contributed by atoms with van der Waals surface area (Å²) in [4.78, 5) is 10.9. The monoisotopic (exact) mass is 238 g/mol. The number of carbonyl (C=O) groups excluding carboxylic acids is 1. The van der Waals surface area contributed by atoms with Crippen molar-refractivity contribution in [3.63, 3.8) is 0 Å². The Morgan fingerprint density at radius 2 is 2.06 bits per heavy atom. The molecule has 0 N–H and O–H groups in total. The van der Waals surface area contributed by atoms with Crippen LogP contribution in [-0.4, -0.2) is 18.0 Å². The molecule has 2 heteroatoms. The highest BCUT2D eigenvalue weighted by Gasteiger charge is 2.29. The van der Waals surface area contributed by atoms with Crippen molar-refractivity contribution in [1.29, 1.82) is 0 Å². The van der Waals surface area contributed by atoms with E-state index in [1.165, 1.54) is 5.57 Å². The molecule has 2 nitrogen and oxygen atoms in total. The van der Waals surface area contributed by atoms with Crippen LogP contribution in [0.1, 0.15) is 59.8 Å². The van der Waals surface area contributed by atoms with Crippen LogP contribution in [-0.2, 0) is 9.53 Å². The maximum atomic E-state index is 10.9. The highest BCUT2D eigenvalue weighted by atomic mass is 16.5. The van der Waals surface area contributed by atoms with E-state index in [9.17, 15) is 4.79 Å². The molecule has 0 amide bonds. The van der Waals surface area contributed by atoms with Crippen LogP contribution in [0.5, 0.6) is 0 Å². The summed E-state index contributed by atoms with van der Waals surface area (Å²) in [5.74, 6) is 0.248. The van der Waals surface area contributed by atoms with Crippen LogP contribution < -0.4 is 0 Å². The average molecular weight is 238 g/mol. The SMILES string of the molecule is C=C1CC(CCC(C)=O)O[C@H]1CCC(C)(C)C. The summed E-state index contributed by atoms with van der Waals surface area (Å²) in [5.41, 5.74) is 1.56. The lowest BCUT2D eigenvalue weighted by Crippen LogP contribution is -2.15. The largest absolute Gasteiger partial charge is 0.370 e. The third kappa shape index (κ3) is 5.49. The Kier molecular flexibility index (Phi) is 4.93. The second-order valence-electron chi connectivity index (χ2n) is 6.45. The fourth-order valence-corrected chi connectivity index (χ4v) is 2.17. The molecular weight excluding hydrogens is 212 g/mol. The lowest BCUT2D eigenvalue weighted by Gasteiger charge is -2.21. The van der Waals surface area contributed by atoms with Gasteiger partial charge in [-0.3, -0.25) is 0 Å². The molecule has 0 aromatic carbocycles. The number of Topliss-reactive ketones (excluding diaryl/α,β-unsaturated/α-hetero) is 1. The van der Waals surface area contributed by atoms with Crippen molar-refractivity contribution in [3.8, 4) is 0 Å². The molecule has 1 aliphatic rings. The van der Waals surface area contributed by atoms with Crippen LogP contribution in [0.25, 0.3) is 0 Å². The number of carbonyl (C=O) groups is 1. The summed E-state index contributed by atoms with van der Waals surface area (Å²) >= 11 is 0. The van der Waals surface area contributed by atoms with Gasteiger partial charge in [0, 0.05) is 6.42 Å². The van der Waals surface area contributed by atoms with Gasteiger partial charge in [-0.15, -0.1) is 0 Å². The van der Waals surface area contributed by atoms with Gasteiger partial charge in [-0.05, 0) is 43.6 Å². The highest BCUT2D eigenvalue weighted by Crippen LogP contribution is 2.32. The van der Waals surface area contributed by atoms with Crippen LogP contribution in [0.2, 0.25) is 0 Å². The second kappa shape index (κ2) is 5.81. The van der Waals surface area contributed by atoms with E-state index in [0.717, 1.165) is 25.7 Å². The van der Waals surface area contributed by atoms with E-state index in [1.807, 2.05) is 0 Å². The van der Waals surface area contributed by atoms with Crippen molar-refractivity contribution in [1.82, 2.24) is 0 Å². The third-order valence-corrected chi connectivity index (χ3v) is 3.28. The number of hydrogen-bond donors (Lipinski definition) is 0. The Morgan fingerprint density at radius 1 is 1.41 bits per heavy atom. The minimum absolute atomic E-state index is 0.214. The Morgan fingerprint density at radius 3 is 2.59 bits per heavy atom. The molecule has 1 heterocycles. The van der Waals surface area contributed by atoms with Crippen molar-refractivity contribution >= 4 is 5.78 Å². The van der Waals surface area contributed by atoms with E-state index in [-0.39, 0.29) is 18.0 Å². The third-order valence-electron chi connectivity index (χ3n) is 3.28. The standard InChI is InChI=1S/C15H26O2/c1-11-10-13(7-6-12(2)16)17-14(11)8-9-15(3,4)5/h13-14H,1,6-10H2,2-5H3/t13?,14-/m0/s1. The fraction of sp³-hybridized carbons (Fsp3) is 0.800. The van der Waals surface area contributed by atoms with Gasteiger partial charge in [0.25, 0.3) is 0 Å². The predicted octanol–water partition coefficient (Wildman–Crippen LogP) is 3.90. The Labute approximate surface area is 105 Å². The van der Waals surface area contributed by atoms with Gasteiger partial charge < -0.3 is 9.53 Å². The van der Waals surface area contributed by atoms with Crippen LogP contribution >= 0.6 is 0 Å². The van der Waals surface area contributed by atoms with Gasteiger partial charge in [-0.25, -0.2) is 0 Å². The fourth-order valence-electron chi connectivity index (χ4n) is 2.17. The van der Waals surface area contributed by atoms with E-state index in [4.69, 9.17) is 4.74 Å². The van der Waals surface area contributed by atoms with Gasteiger partial charge >= 0.3 is 0 Å². The number of hydrogen-bond acceptors (Lipinski definition) is 2. The number of ether oxygens (including phenoxy) is 1.